The van der Waals surface area contributed by atoms with E-state index in [1.807, 2.05) is 54.3 Å². The average molecular weight is 524 g/mol. The predicted octanol–water partition coefficient (Wildman–Crippen LogP) is 8.07. The van der Waals surface area contributed by atoms with Crippen LogP contribution in [-0.4, -0.2) is 23.9 Å². The summed E-state index contributed by atoms with van der Waals surface area (Å²) in [5.74, 6) is 0.732. The minimum atomic E-state index is -4.40. The number of halogens is 3. The van der Waals surface area contributed by atoms with Gasteiger partial charge in [0.2, 0.25) is 5.91 Å². The van der Waals surface area contributed by atoms with Crippen molar-refractivity contribution in [1.29, 1.82) is 0 Å². The molecule has 1 amide bonds. The fourth-order valence-corrected chi connectivity index (χ4v) is 5.39. The molecule has 1 aliphatic rings. The highest BCUT2D eigenvalue weighted by Gasteiger charge is 2.34. The first-order valence-corrected chi connectivity index (χ1v) is 13.4. The second-order valence-corrected chi connectivity index (χ2v) is 10.7. The van der Waals surface area contributed by atoms with E-state index in [1.165, 1.54) is 17.7 Å². The highest BCUT2D eigenvalue weighted by Crippen LogP contribution is 2.37. The number of alkyl halides is 3. The van der Waals surface area contributed by atoms with Crippen LogP contribution < -0.4 is 4.74 Å². The van der Waals surface area contributed by atoms with E-state index in [1.54, 1.807) is 0 Å². The first kappa shape index (κ1) is 27.7. The van der Waals surface area contributed by atoms with Crippen LogP contribution in [0.4, 0.5) is 13.2 Å². The van der Waals surface area contributed by atoms with Gasteiger partial charge in [0, 0.05) is 19.0 Å². The molecule has 3 aromatic rings. The molecule has 0 saturated carbocycles. The van der Waals surface area contributed by atoms with Crippen molar-refractivity contribution in [3.05, 3.63) is 101 Å². The quantitative estimate of drug-likeness (QED) is 0.299. The zero-order valence-corrected chi connectivity index (χ0v) is 22.2. The zero-order valence-electron chi connectivity index (χ0n) is 22.2. The van der Waals surface area contributed by atoms with Gasteiger partial charge in [-0.2, -0.15) is 13.2 Å². The van der Waals surface area contributed by atoms with Crippen molar-refractivity contribution in [2.75, 3.05) is 13.1 Å². The Morgan fingerprint density at radius 3 is 2.26 bits per heavy atom. The number of piperidine rings is 1. The highest BCUT2D eigenvalue weighted by molar-refractivity contribution is 5.84. The fourth-order valence-electron chi connectivity index (χ4n) is 5.39. The van der Waals surface area contributed by atoms with Crippen molar-refractivity contribution in [3.8, 4) is 5.75 Å². The number of carbonyl (C=O) groups is 1. The van der Waals surface area contributed by atoms with Gasteiger partial charge in [-0.05, 0) is 73.1 Å². The molecule has 0 aromatic heterocycles. The highest BCUT2D eigenvalue weighted by atomic mass is 19.4. The normalized spacial score (nSPS) is 17.8. The van der Waals surface area contributed by atoms with E-state index in [0.29, 0.717) is 24.8 Å². The first-order valence-electron chi connectivity index (χ1n) is 13.4. The van der Waals surface area contributed by atoms with Crippen LogP contribution in [0.5, 0.6) is 5.75 Å². The van der Waals surface area contributed by atoms with Gasteiger partial charge in [0.25, 0.3) is 0 Å². The molecule has 202 valence electrons. The molecule has 0 N–H and O–H groups in total. The molecular weight excluding hydrogens is 487 g/mol. The third-order valence-corrected chi connectivity index (χ3v) is 7.29. The zero-order chi connectivity index (χ0) is 27.3. The maximum atomic E-state index is 13.7. The average Bonchev–Trinajstić information content (AvgIpc) is 2.91. The standard InChI is InChI=1S/C32H36F3NO2/c1-22(2)20-25-12-7-8-14-29(25)23(3)31(37)36-19-9-13-26(21-36)30(24-10-5-4-6-11-24)38-28-17-15-27(16-18-28)32(33,34)35/h4-8,10-12,14-18,22-23,26,30H,9,13,19-21H2,1-3H3/t23?,26-,30-/m1/s1. The third-order valence-electron chi connectivity index (χ3n) is 7.29. The predicted molar refractivity (Wildman–Crippen MR) is 144 cm³/mol. The first-order chi connectivity index (χ1) is 18.1. The third kappa shape index (κ3) is 6.77. The van der Waals surface area contributed by atoms with Crippen molar-refractivity contribution in [3.63, 3.8) is 0 Å². The Hall–Kier alpha value is -3.28. The number of carbonyl (C=O) groups excluding carboxylic acids is 1. The number of rotatable bonds is 8. The van der Waals surface area contributed by atoms with Gasteiger partial charge in [-0.3, -0.25) is 4.79 Å². The molecule has 1 unspecified atom stereocenters. The smallest absolute Gasteiger partial charge is 0.416 e. The Bertz CT molecular complexity index is 1190. The van der Waals surface area contributed by atoms with Gasteiger partial charge in [-0.15, -0.1) is 0 Å². The number of hydrogen-bond donors (Lipinski definition) is 0. The summed E-state index contributed by atoms with van der Waals surface area (Å²) in [6, 6.07) is 22.8. The van der Waals surface area contributed by atoms with Gasteiger partial charge in [0.05, 0.1) is 11.5 Å². The van der Waals surface area contributed by atoms with Crippen LogP contribution in [0.1, 0.15) is 67.9 Å². The molecule has 1 aliphatic heterocycles. The lowest BCUT2D eigenvalue weighted by Crippen LogP contribution is -2.44. The van der Waals surface area contributed by atoms with Crippen molar-refractivity contribution in [2.24, 2.45) is 11.8 Å². The van der Waals surface area contributed by atoms with Crippen LogP contribution in [-0.2, 0) is 17.4 Å². The number of hydrogen-bond acceptors (Lipinski definition) is 2. The van der Waals surface area contributed by atoms with E-state index < -0.39 is 11.7 Å². The van der Waals surface area contributed by atoms with Crippen LogP contribution in [0.25, 0.3) is 0 Å². The van der Waals surface area contributed by atoms with Crippen LogP contribution in [0, 0.1) is 11.8 Å². The van der Waals surface area contributed by atoms with E-state index in [2.05, 4.69) is 26.0 Å². The lowest BCUT2D eigenvalue weighted by molar-refractivity contribution is -0.137. The summed E-state index contributed by atoms with van der Waals surface area (Å²) in [6.07, 6.45) is -2.15. The minimum Gasteiger partial charge on any atom is -0.485 e. The Morgan fingerprint density at radius 2 is 1.61 bits per heavy atom. The number of nitrogens with zero attached hydrogens (tertiary/aromatic N) is 1. The SMILES string of the molecule is CC(C)Cc1ccccc1C(C)C(=O)N1CCC[C@@H]([C@H](Oc2ccc(C(F)(F)F)cc2)c2ccccc2)C1. The van der Waals surface area contributed by atoms with E-state index >= 15 is 0 Å². The molecule has 3 atom stereocenters. The van der Waals surface area contributed by atoms with E-state index in [0.717, 1.165) is 42.5 Å². The molecule has 38 heavy (non-hydrogen) atoms. The summed E-state index contributed by atoms with van der Waals surface area (Å²) in [5.41, 5.74) is 2.53. The maximum Gasteiger partial charge on any atom is 0.416 e. The summed E-state index contributed by atoms with van der Waals surface area (Å²) in [5, 5.41) is 0. The summed E-state index contributed by atoms with van der Waals surface area (Å²) in [7, 11) is 0. The van der Waals surface area contributed by atoms with Gasteiger partial charge in [0.1, 0.15) is 11.9 Å². The number of likely N-dealkylation sites (tertiary alicyclic amines) is 1. The Kier molecular flexibility index (Phi) is 8.80. The second kappa shape index (κ2) is 12.1. The molecule has 4 rings (SSSR count). The molecule has 1 fully saturated rings. The fraction of sp³-hybridized carbons (Fsp3) is 0.406. The molecule has 6 heteroatoms. The van der Waals surface area contributed by atoms with Crippen molar-refractivity contribution in [2.45, 2.75) is 58.2 Å². The molecule has 3 aromatic carbocycles. The molecule has 3 nitrogen and oxygen atoms in total. The lowest BCUT2D eigenvalue weighted by Gasteiger charge is -2.38. The van der Waals surface area contributed by atoms with E-state index in [9.17, 15) is 18.0 Å². The van der Waals surface area contributed by atoms with Gasteiger partial charge >= 0.3 is 6.18 Å². The molecule has 0 bridgehead atoms. The Labute approximate surface area is 223 Å². The van der Waals surface area contributed by atoms with Gasteiger partial charge in [-0.1, -0.05) is 68.4 Å². The number of amides is 1. The Morgan fingerprint density at radius 1 is 0.947 bits per heavy atom. The maximum absolute atomic E-state index is 13.7. The topological polar surface area (TPSA) is 29.5 Å². The summed E-state index contributed by atoms with van der Waals surface area (Å²) in [6.45, 7) is 7.57. The Balaban J connectivity index is 1.54. The van der Waals surface area contributed by atoms with Crippen molar-refractivity contribution >= 4 is 5.91 Å². The van der Waals surface area contributed by atoms with Gasteiger partial charge < -0.3 is 9.64 Å². The summed E-state index contributed by atoms with van der Waals surface area (Å²) < 4.78 is 45.5. The molecule has 1 heterocycles. The monoisotopic (exact) mass is 523 g/mol. The van der Waals surface area contributed by atoms with Gasteiger partial charge in [-0.25, -0.2) is 0 Å². The minimum absolute atomic E-state index is 0.00972. The molecule has 1 saturated heterocycles. The number of benzene rings is 3. The molecular formula is C32H36F3NO2. The second-order valence-electron chi connectivity index (χ2n) is 10.7. The van der Waals surface area contributed by atoms with Gasteiger partial charge in [0.15, 0.2) is 0 Å². The summed E-state index contributed by atoms with van der Waals surface area (Å²) in [4.78, 5) is 15.7. The van der Waals surface area contributed by atoms with Crippen LogP contribution in [0.2, 0.25) is 0 Å². The van der Waals surface area contributed by atoms with Crippen LogP contribution >= 0.6 is 0 Å². The van der Waals surface area contributed by atoms with Crippen molar-refractivity contribution in [1.82, 2.24) is 4.90 Å². The summed E-state index contributed by atoms with van der Waals surface area (Å²) >= 11 is 0. The number of ether oxygens (including phenoxy) is 1. The van der Waals surface area contributed by atoms with Crippen LogP contribution in [0.3, 0.4) is 0 Å². The lowest BCUT2D eigenvalue weighted by atomic mass is 9.86. The molecule has 0 spiro atoms. The van der Waals surface area contributed by atoms with Crippen LogP contribution in [0.15, 0.2) is 78.9 Å². The molecule has 0 aliphatic carbocycles. The van der Waals surface area contributed by atoms with E-state index in [4.69, 9.17) is 4.74 Å². The van der Waals surface area contributed by atoms with Crippen molar-refractivity contribution < 1.29 is 22.7 Å². The molecule has 0 radical (unpaired) electrons. The largest absolute Gasteiger partial charge is 0.485 e. The van der Waals surface area contributed by atoms with E-state index in [-0.39, 0.29) is 23.8 Å².